The zero-order chi connectivity index (χ0) is 19.1. The maximum atomic E-state index is 14.0. The lowest BCUT2D eigenvalue weighted by molar-refractivity contribution is 0.371. The van der Waals surface area contributed by atoms with E-state index in [0.29, 0.717) is 5.69 Å². The van der Waals surface area contributed by atoms with Gasteiger partial charge < -0.3 is 19.9 Å². The van der Waals surface area contributed by atoms with E-state index in [2.05, 4.69) is 32.2 Å². The second kappa shape index (κ2) is 11.1. The van der Waals surface area contributed by atoms with Gasteiger partial charge in [-0.25, -0.2) is 4.39 Å². The number of guanidine groups is 1. The van der Waals surface area contributed by atoms with Crippen molar-refractivity contribution in [2.24, 2.45) is 4.99 Å². The van der Waals surface area contributed by atoms with E-state index in [1.165, 1.54) is 11.6 Å². The van der Waals surface area contributed by atoms with Crippen LogP contribution in [-0.4, -0.2) is 57.7 Å². The van der Waals surface area contributed by atoms with E-state index in [9.17, 15) is 4.39 Å². The first-order chi connectivity index (χ1) is 13.2. The highest BCUT2D eigenvalue weighted by atomic mass is 127. The Morgan fingerprint density at radius 1 is 1.07 bits per heavy atom. The van der Waals surface area contributed by atoms with Crippen molar-refractivity contribution in [2.75, 3.05) is 51.8 Å². The first-order valence-corrected chi connectivity index (χ1v) is 9.29. The summed E-state index contributed by atoms with van der Waals surface area (Å²) in [5, 5.41) is 3.43. The van der Waals surface area contributed by atoms with Crippen LogP contribution in [0.2, 0.25) is 0 Å². The summed E-state index contributed by atoms with van der Waals surface area (Å²) in [7, 11) is 3.48. The van der Waals surface area contributed by atoms with Crippen LogP contribution in [0.1, 0.15) is 5.56 Å². The van der Waals surface area contributed by atoms with Gasteiger partial charge in [-0.15, -0.1) is 24.0 Å². The third-order valence-corrected chi connectivity index (χ3v) is 4.84. The van der Waals surface area contributed by atoms with E-state index in [-0.39, 0.29) is 29.8 Å². The number of nitrogens with one attached hydrogen (secondary N) is 1. The van der Waals surface area contributed by atoms with Crippen LogP contribution in [0.25, 0.3) is 0 Å². The summed E-state index contributed by atoms with van der Waals surface area (Å²) < 4.78 is 19.2. The van der Waals surface area contributed by atoms with Gasteiger partial charge >= 0.3 is 0 Å². The minimum absolute atomic E-state index is 0. The Kier molecular flexibility index (Phi) is 8.82. The van der Waals surface area contributed by atoms with Crippen LogP contribution in [0.5, 0.6) is 5.75 Å². The fourth-order valence-electron chi connectivity index (χ4n) is 3.31. The minimum Gasteiger partial charge on any atom is -0.497 e. The topological polar surface area (TPSA) is 40.1 Å². The summed E-state index contributed by atoms with van der Waals surface area (Å²) in [6.45, 7) is 4.00. The van der Waals surface area contributed by atoms with Gasteiger partial charge in [0.2, 0.25) is 0 Å². The van der Waals surface area contributed by atoms with Gasteiger partial charge in [-0.2, -0.15) is 0 Å². The molecular weight excluding hydrogens is 470 g/mol. The highest BCUT2D eigenvalue weighted by Gasteiger charge is 2.21. The maximum Gasteiger partial charge on any atom is 0.193 e. The van der Waals surface area contributed by atoms with E-state index >= 15 is 0 Å². The highest BCUT2D eigenvalue weighted by molar-refractivity contribution is 14.0. The number of hydrogen-bond acceptors (Lipinski definition) is 3. The van der Waals surface area contributed by atoms with Crippen molar-refractivity contribution < 1.29 is 9.13 Å². The largest absolute Gasteiger partial charge is 0.497 e. The Balaban J connectivity index is 0.00000280. The monoisotopic (exact) mass is 498 g/mol. The summed E-state index contributed by atoms with van der Waals surface area (Å²) in [6.07, 6.45) is 0.915. The van der Waals surface area contributed by atoms with Crippen molar-refractivity contribution in [1.29, 1.82) is 0 Å². The molecule has 1 heterocycles. The SMILES string of the molecule is CN=C(NCCc1ccc(OC)cc1)N1CCN(c2ccccc2F)CC1.I. The second-order valence-electron chi connectivity index (χ2n) is 6.50. The number of ether oxygens (including phenoxy) is 1. The van der Waals surface area contributed by atoms with Crippen molar-refractivity contribution in [3.8, 4) is 5.75 Å². The fraction of sp³-hybridized carbons (Fsp3) is 0.381. The number of methoxy groups -OCH3 is 1. The Morgan fingerprint density at radius 2 is 1.75 bits per heavy atom. The summed E-state index contributed by atoms with van der Waals surface area (Å²) in [4.78, 5) is 8.73. The standard InChI is InChI=1S/C21H27FN4O.HI/c1-23-21(24-12-11-17-7-9-18(27-2)10-8-17)26-15-13-25(14-16-26)20-6-4-3-5-19(20)22;/h3-10H,11-16H2,1-2H3,(H,23,24);1H. The maximum absolute atomic E-state index is 14.0. The van der Waals surface area contributed by atoms with Gasteiger partial charge in [0.15, 0.2) is 5.96 Å². The molecule has 0 unspecified atom stereocenters. The molecule has 1 aliphatic rings. The van der Waals surface area contributed by atoms with Crippen LogP contribution in [0.3, 0.4) is 0 Å². The summed E-state index contributed by atoms with van der Waals surface area (Å²) >= 11 is 0. The van der Waals surface area contributed by atoms with Gasteiger partial charge in [0, 0.05) is 39.8 Å². The van der Waals surface area contributed by atoms with E-state index in [4.69, 9.17) is 4.74 Å². The van der Waals surface area contributed by atoms with Crippen LogP contribution in [0, 0.1) is 5.82 Å². The average molecular weight is 498 g/mol. The molecule has 152 valence electrons. The number of rotatable bonds is 5. The molecule has 0 bridgehead atoms. The number of anilines is 1. The van der Waals surface area contributed by atoms with E-state index in [1.54, 1.807) is 20.2 Å². The molecular formula is C21H28FIN4O. The molecule has 0 spiro atoms. The van der Waals surface area contributed by atoms with Crippen molar-refractivity contribution in [2.45, 2.75) is 6.42 Å². The quantitative estimate of drug-likeness (QED) is 0.390. The average Bonchev–Trinajstić information content (AvgIpc) is 2.72. The summed E-state index contributed by atoms with van der Waals surface area (Å²) in [6, 6.07) is 15.1. The Morgan fingerprint density at radius 3 is 2.36 bits per heavy atom. The summed E-state index contributed by atoms with van der Waals surface area (Å²) in [5.41, 5.74) is 1.93. The fourth-order valence-corrected chi connectivity index (χ4v) is 3.31. The first-order valence-electron chi connectivity index (χ1n) is 9.29. The molecule has 3 rings (SSSR count). The molecule has 1 fully saturated rings. The van der Waals surface area contributed by atoms with Gasteiger partial charge in [0.05, 0.1) is 12.8 Å². The molecule has 0 aliphatic carbocycles. The Hall–Kier alpha value is -2.03. The number of halogens is 2. The van der Waals surface area contributed by atoms with Crippen LogP contribution in [0.15, 0.2) is 53.5 Å². The lowest BCUT2D eigenvalue weighted by Crippen LogP contribution is -2.53. The molecule has 1 N–H and O–H groups in total. The number of benzene rings is 2. The molecule has 1 aliphatic heterocycles. The summed E-state index contributed by atoms with van der Waals surface area (Å²) in [5.74, 6) is 1.61. The first kappa shape index (κ1) is 22.3. The number of hydrogen-bond donors (Lipinski definition) is 1. The minimum atomic E-state index is -0.159. The van der Waals surface area contributed by atoms with Crippen LogP contribution in [0.4, 0.5) is 10.1 Å². The van der Waals surface area contributed by atoms with Gasteiger partial charge in [-0.05, 0) is 36.2 Å². The Bertz CT molecular complexity index is 761. The lowest BCUT2D eigenvalue weighted by Gasteiger charge is -2.37. The lowest BCUT2D eigenvalue weighted by atomic mass is 10.1. The molecule has 0 amide bonds. The molecule has 5 nitrogen and oxygen atoms in total. The third kappa shape index (κ3) is 5.73. The molecule has 7 heteroatoms. The van der Waals surface area contributed by atoms with Crippen LogP contribution in [-0.2, 0) is 6.42 Å². The molecule has 0 saturated carbocycles. The van der Waals surface area contributed by atoms with E-state index < -0.39 is 0 Å². The zero-order valence-electron chi connectivity index (χ0n) is 16.4. The Labute approximate surface area is 183 Å². The van der Waals surface area contributed by atoms with Gasteiger partial charge in [0.1, 0.15) is 11.6 Å². The van der Waals surface area contributed by atoms with Crippen molar-refractivity contribution in [3.05, 3.63) is 59.9 Å². The molecule has 0 atom stereocenters. The zero-order valence-corrected chi connectivity index (χ0v) is 18.7. The van der Waals surface area contributed by atoms with Gasteiger partial charge in [-0.3, -0.25) is 4.99 Å². The molecule has 2 aromatic rings. The number of nitrogens with zero attached hydrogens (tertiary/aromatic N) is 3. The molecule has 0 aromatic heterocycles. The predicted octanol–water partition coefficient (Wildman–Crippen LogP) is 3.39. The predicted molar refractivity (Wildman–Crippen MR) is 124 cm³/mol. The highest BCUT2D eigenvalue weighted by Crippen LogP contribution is 2.20. The molecule has 0 radical (unpaired) electrons. The number of piperazine rings is 1. The van der Waals surface area contributed by atoms with Gasteiger partial charge in [0.25, 0.3) is 0 Å². The van der Waals surface area contributed by atoms with Crippen molar-refractivity contribution in [3.63, 3.8) is 0 Å². The van der Waals surface area contributed by atoms with Gasteiger partial charge in [-0.1, -0.05) is 24.3 Å². The van der Waals surface area contributed by atoms with E-state index in [0.717, 1.165) is 50.9 Å². The van der Waals surface area contributed by atoms with Crippen molar-refractivity contribution in [1.82, 2.24) is 10.2 Å². The molecule has 28 heavy (non-hydrogen) atoms. The van der Waals surface area contributed by atoms with E-state index in [1.807, 2.05) is 24.3 Å². The number of aliphatic imine (C=N–C) groups is 1. The van der Waals surface area contributed by atoms with Crippen LogP contribution < -0.4 is 15.0 Å². The van der Waals surface area contributed by atoms with Crippen molar-refractivity contribution >= 4 is 35.6 Å². The normalized spacial score (nSPS) is 14.5. The smallest absolute Gasteiger partial charge is 0.193 e. The molecule has 1 saturated heterocycles. The second-order valence-corrected chi connectivity index (χ2v) is 6.50. The number of para-hydroxylation sites is 1. The third-order valence-electron chi connectivity index (χ3n) is 4.84. The van der Waals surface area contributed by atoms with Crippen LogP contribution >= 0.6 is 24.0 Å². The molecule has 2 aromatic carbocycles.